The van der Waals surface area contributed by atoms with Gasteiger partial charge in [-0.25, -0.2) is 0 Å². The fraction of sp³-hybridized carbons (Fsp3) is 0.720. The molecule has 0 bridgehead atoms. The molecular weight excluding hydrogens is 348 g/mol. The second kappa shape index (κ2) is 6.32. The molecule has 3 nitrogen and oxygen atoms in total. The predicted octanol–water partition coefficient (Wildman–Crippen LogP) is 4.98. The van der Waals surface area contributed by atoms with E-state index in [1.54, 1.807) is 0 Å². The lowest BCUT2D eigenvalue weighted by Gasteiger charge is -2.56. The van der Waals surface area contributed by atoms with Crippen LogP contribution < -0.4 is 0 Å². The number of hydrogen-bond donors (Lipinski definition) is 2. The number of carbonyl (C=O) groups is 1. The molecule has 7 atom stereocenters. The van der Waals surface area contributed by atoms with Gasteiger partial charge in [-0.3, -0.25) is 4.79 Å². The number of fused-ring (bicyclic) bond motifs is 7. The summed E-state index contributed by atoms with van der Waals surface area (Å²) in [6.45, 7) is 4.58. The number of Topliss-reactive ketones (excluding diaryl/α,β-unsaturated/α-hetero) is 1. The van der Waals surface area contributed by atoms with Crippen molar-refractivity contribution in [1.29, 1.82) is 0 Å². The van der Waals surface area contributed by atoms with Crippen molar-refractivity contribution >= 4 is 5.78 Å². The lowest BCUT2D eigenvalue weighted by atomic mass is 9.49. The molecule has 3 fully saturated rings. The fourth-order valence-electron chi connectivity index (χ4n) is 8.12. The van der Waals surface area contributed by atoms with Gasteiger partial charge in [0, 0.05) is 18.3 Å². The molecule has 3 saturated carbocycles. The number of benzene rings is 1. The average Bonchev–Trinajstić information content (AvgIpc) is 2.88. The van der Waals surface area contributed by atoms with Crippen LogP contribution in [-0.2, 0) is 11.2 Å². The lowest BCUT2D eigenvalue weighted by Crippen LogP contribution is -2.56. The molecule has 152 valence electrons. The summed E-state index contributed by atoms with van der Waals surface area (Å²) in [5, 5.41) is 21.8. The third-order valence-corrected chi connectivity index (χ3v) is 9.38. The van der Waals surface area contributed by atoms with Crippen molar-refractivity contribution in [1.82, 2.24) is 0 Å². The molecule has 28 heavy (non-hydrogen) atoms. The van der Waals surface area contributed by atoms with Crippen LogP contribution >= 0.6 is 0 Å². The van der Waals surface area contributed by atoms with E-state index in [1.807, 2.05) is 12.1 Å². The molecule has 1 aromatic carbocycles. The zero-order valence-electron chi connectivity index (χ0n) is 17.3. The van der Waals surface area contributed by atoms with Gasteiger partial charge in [0.2, 0.25) is 0 Å². The predicted molar refractivity (Wildman–Crippen MR) is 109 cm³/mol. The van der Waals surface area contributed by atoms with Crippen LogP contribution in [0.25, 0.3) is 0 Å². The number of phenols is 1. The van der Waals surface area contributed by atoms with Crippen LogP contribution in [0.3, 0.4) is 0 Å². The first-order valence-corrected chi connectivity index (χ1v) is 11.4. The number of phenolic OH excluding ortho intramolecular Hbond substituents is 1. The van der Waals surface area contributed by atoms with Crippen LogP contribution in [0.1, 0.15) is 82.3 Å². The minimum Gasteiger partial charge on any atom is -0.508 e. The topological polar surface area (TPSA) is 57.5 Å². The number of carbonyl (C=O) groups excluding carboxylic acids is 1. The normalized spacial score (nSPS) is 44.4. The highest BCUT2D eigenvalue weighted by atomic mass is 16.3. The Balaban J connectivity index is 1.57. The van der Waals surface area contributed by atoms with Crippen LogP contribution in [0, 0.1) is 29.1 Å². The Hall–Kier alpha value is -1.35. The zero-order valence-corrected chi connectivity index (χ0v) is 17.3. The molecule has 0 spiro atoms. The van der Waals surface area contributed by atoms with Gasteiger partial charge in [0.25, 0.3) is 0 Å². The summed E-state index contributed by atoms with van der Waals surface area (Å²) >= 11 is 0. The molecule has 0 amide bonds. The van der Waals surface area contributed by atoms with E-state index in [0.29, 0.717) is 48.2 Å². The van der Waals surface area contributed by atoms with E-state index in [0.717, 1.165) is 32.1 Å². The van der Waals surface area contributed by atoms with E-state index in [-0.39, 0.29) is 11.2 Å². The van der Waals surface area contributed by atoms with E-state index < -0.39 is 5.60 Å². The second-order valence-corrected chi connectivity index (χ2v) is 10.5. The van der Waals surface area contributed by atoms with Crippen LogP contribution in [0.2, 0.25) is 0 Å². The van der Waals surface area contributed by atoms with Gasteiger partial charge in [-0.1, -0.05) is 32.8 Å². The van der Waals surface area contributed by atoms with Crippen molar-refractivity contribution in [2.45, 2.75) is 83.2 Å². The third-order valence-electron chi connectivity index (χ3n) is 9.38. The summed E-state index contributed by atoms with van der Waals surface area (Å²) in [5.74, 6) is 3.20. The average molecular weight is 383 g/mol. The minimum absolute atomic E-state index is 0.130. The van der Waals surface area contributed by atoms with E-state index in [9.17, 15) is 15.0 Å². The minimum atomic E-state index is -0.788. The summed E-state index contributed by atoms with van der Waals surface area (Å²) < 4.78 is 0. The van der Waals surface area contributed by atoms with Crippen molar-refractivity contribution in [3.05, 3.63) is 29.3 Å². The Morgan fingerprint density at radius 2 is 2.07 bits per heavy atom. The molecule has 2 unspecified atom stereocenters. The molecular formula is C25H34O3. The Morgan fingerprint density at radius 1 is 1.25 bits per heavy atom. The standard InChI is InChI=1S/C25H34O3/c1-3-4-15-11-16-12-18(26)7-8-20(16)21-9-10-24(2)22(23(15)21)13-17-5-6-19(27)14-25(17,24)28/h7-8,12,15,17,21-23,26,28H,3-6,9-11,13-14H2,1-2H3/t15-,17-,21?,22?,23-,24+,25+/m1/s1. The van der Waals surface area contributed by atoms with Crippen LogP contribution in [0.15, 0.2) is 18.2 Å². The zero-order chi connectivity index (χ0) is 19.7. The van der Waals surface area contributed by atoms with Crippen LogP contribution in [-0.4, -0.2) is 21.6 Å². The maximum Gasteiger partial charge on any atom is 0.135 e. The summed E-state index contributed by atoms with van der Waals surface area (Å²) in [7, 11) is 0. The SMILES string of the molecule is CCC[C@@H]1Cc2cc(O)ccc2C2CC[C@@]3(C)C(C[C@H]4CCC(=O)C[C@]43O)[C@@H]21. The summed E-state index contributed by atoms with van der Waals surface area (Å²) in [4.78, 5) is 12.3. The van der Waals surface area contributed by atoms with Gasteiger partial charge < -0.3 is 10.2 Å². The maximum atomic E-state index is 12.3. The molecule has 0 saturated heterocycles. The summed E-state index contributed by atoms with van der Waals surface area (Å²) in [5.41, 5.74) is 1.86. The van der Waals surface area contributed by atoms with Crippen molar-refractivity contribution in [2.75, 3.05) is 0 Å². The van der Waals surface area contributed by atoms with E-state index >= 15 is 0 Å². The Bertz CT molecular complexity index is 801. The van der Waals surface area contributed by atoms with Crippen LogP contribution in [0.5, 0.6) is 5.75 Å². The van der Waals surface area contributed by atoms with Crippen molar-refractivity contribution in [3.63, 3.8) is 0 Å². The fourth-order valence-corrected chi connectivity index (χ4v) is 8.12. The largest absolute Gasteiger partial charge is 0.508 e. The Morgan fingerprint density at radius 3 is 2.86 bits per heavy atom. The van der Waals surface area contributed by atoms with E-state index in [1.165, 1.54) is 24.0 Å². The third kappa shape index (κ3) is 2.41. The first kappa shape index (κ1) is 18.7. The molecule has 2 N–H and O–H groups in total. The van der Waals surface area contributed by atoms with Gasteiger partial charge in [-0.15, -0.1) is 0 Å². The highest BCUT2D eigenvalue weighted by molar-refractivity contribution is 5.80. The van der Waals surface area contributed by atoms with Gasteiger partial charge in [0.05, 0.1) is 5.60 Å². The van der Waals surface area contributed by atoms with Crippen molar-refractivity contribution in [3.8, 4) is 5.75 Å². The number of hydrogen-bond acceptors (Lipinski definition) is 3. The Kier molecular flexibility index (Phi) is 4.21. The maximum absolute atomic E-state index is 12.3. The summed E-state index contributed by atoms with van der Waals surface area (Å²) in [6.07, 6.45) is 8.55. The smallest absolute Gasteiger partial charge is 0.135 e. The molecule has 0 radical (unpaired) electrons. The Labute approximate surface area is 168 Å². The van der Waals surface area contributed by atoms with Gasteiger partial charge >= 0.3 is 0 Å². The van der Waals surface area contributed by atoms with Crippen LogP contribution in [0.4, 0.5) is 0 Å². The molecule has 3 heteroatoms. The van der Waals surface area contributed by atoms with Crippen molar-refractivity contribution < 1.29 is 15.0 Å². The van der Waals surface area contributed by atoms with Gasteiger partial charge in [0.15, 0.2) is 0 Å². The molecule has 1 aromatic rings. The van der Waals surface area contributed by atoms with Gasteiger partial charge in [-0.2, -0.15) is 0 Å². The molecule has 4 aliphatic carbocycles. The lowest BCUT2D eigenvalue weighted by molar-refractivity contribution is -0.156. The van der Waals surface area contributed by atoms with E-state index in [2.05, 4.69) is 19.9 Å². The molecule has 0 aromatic heterocycles. The van der Waals surface area contributed by atoms with Gasteiger partial charge in [-0.05, 0) is 85.0 Å². The van der Waals surface area contributed by atoms with E-state index in [4.69, 9.17) is 0 Å². The quantitative estimate of drug-likeness (QED) is 0.758. The first-order chi connectivity index (χ1) is 13.4. The highest BCUT2D eigenvalue weighted by Crippen LogP contribution is 2.69. The number of rotatable bonds is 2. The number of aromatic hydroxyl groups is 1. The number of aliphatic hydroxyl groups is 1. The second-order valence-electron chi connectivity index (χ2n) is 10.5. The molecule has 5 rings (SSSR count). The molecule has 0 heterocycles. The van der Waals surface area contributed by atoms with Crippen molar-refractivity contribution in [2.24, 2.45) is 29.1 Å². The number of ketones is 1. The molecule has 0 aliphatic heterocycles. The first-order valence-electron chi connectivity index (χ1n) is 11.4. The van der Waals surface area contributed by atoms with Gasteiger partial charge in [0.1, 0.15) is 11.5 Å². The highest BCUT2D eigenvalue weighted by Gasteiger charge is 2.67. The monoisotopic (exact) mass is 382 g/mol. The molecule has 4 aliphatic rings. The summed E-state index contributed by atoms with van der Waals surface area (Å²) in [6, 6.07) is 6.00.